The Morgan fingerprint density at radius 2 is 1.90 bits per heavy atom. The van der Waals surface area contributed by atoms with Gasteiger partial charge in [-0.3, -0.25) is 14.5 Å². The van der Waals surface area contributed by atoms with E-state index in [1.54, 1.807) is 24.3 Å². The van der Waals surface area contributed by atoms with Crippen molar-refractivity contribution in [2.24, 2.45) is 0 Å². The van der Waals surface area contributed by atoms with Gasteiger partial charge in [-0.05, 0) is 29.8 Å². The Bertz CT molecular complexity index is 776. The molecule has 0 aromatic heterocycles. The van der Waals surface area contributed by atoms with E-state index in [2.05, 4.69) is 0 Å². The third-order valence-electron chi connectivity index (χ3n) is 3.36. The van der Waals surface area contributed by atoms with Crippen LogP contribution < -0.4 is 5.73 Å². The fourth-order valence-electron chi connectivity index (χ4n) is 2.32. The zero-order chi connectivity index (χ0) is 15.1. The molecule has 1 heterocycles. The van der Waals surface area contributed by atoms with E-state index < -0.39 is 17.6 Å². The van der Waals surface area contributed by atoms with Gasteiger partial charge >= 0.3 is 0 Å². The first-order valence-corrected chi connectivity index (χ1v) is 6.55. The van der Waals surface area contributed by atoms with Crippen LogP contribution in [-0.2, 0) is 6.54 Å². The zero-order valence-electron chi connectivity index (χ0n) is 10.8. The standard InChI is InChI=1S/C15H10ClFN2O2/c16-10-5-4-8(6-11(10)17)7-19-14(20)9-2-1-3-12(18)13(9)15(19)21/h1-6H,7,18H2. The second kappa shape index (κ2) is 4.86. The molecule has 0 fully saturated rings. The number of amides is 2. The van der Waals surface area contributed by atoms with Crippen molar-refractivity contribution >= 4 is 29.1 Å². The number of carbonyl (C=O) groups is 2. The highest BCUT2D eigenvalue weighted by atomic mass is 35.5. The summed E-state index contributed by atoms with van der Waals surface area (Å²) in [4.78, 5) is 25.6. The molecule has 0 atom stereocenters. The monoisotopic (exact) mass is 304 g/mol. The predicted molar refractivity (Wildman–Crippen MR) is 76.5 cm³/mol. The minimum atomic E-state index is -0.592. The van der Waals surface area contributed by atoms with Gasteiger partial charge < -0.3 is 5.73 Å². The number of hydrogen-bond acceptors (Lipinski definition) is 3. The van der Waals surface area contributed by atoms with Crippen LogP contribution in [0.25, 0.3) is 0 Å². The molecule has 4 nitrogen and oxygen atoms in total. The Balaban J connectivity index is 1.95. The average Bonchev–Trinajstić information content (AvgIpc) is 2.69. The van der Waals surface area contributed by atoms with Crippen LogP contribution in [0.15, 0.2) is 36.4 Å². The molecule has 0 radical (unpaired) electrons. The number of fused-ring (bicyclic) bond motifs is 1. The lowest BCUT2D eigenvalue weighted by molar-refractivity contribution is 0.0642. The first kappa shape index (κ1) is 13.6. The number of anilines is 1. The van der Waals surface area contributed by atoms with Crippen LogP contribution in [0.4, 0.5) is 10.1 Å². The topological polar surface area (TPSA) is 63.4 Å². The Hall–Kier alpha value is -2.40. The molecule has 0 saturated heterocycles. The molecule has 1 aliphatic heterocycles. The fourth-order valence-corrected chi connectivity index (χ4v) is 2.44. The first-order valence-electron chi connectivity index (χ1n) is 6.17. The summed E-state index contributed by atoms with van der Waals surface area (Å²) in [6.45, 7) is -0.0279. The van der Waals surface area contributed by atoms with Gasteiger partial charge in [-0.25, -0.2) is 4.39 Å². The largest absolute Gasteiger partial charge is 0.398 e. The number of carbonyl (C=O) groups excluding carboxylic acids is 2. The molecule has 0 spiro atoms. The number of rotatable bonds is 2. The summed E-state index contributed by atoms with van der Waals surface area (Å²) in [5, 5.41) is -0.00893. The smallest absolute Gasteiger partial charge is 0.263 e. The summed E-state index contributed by atoms with van der Waals surface area (Å²) < 4.78 is 13.4. The highest BCUT2D eigenvalue weighted by Gasteiger charge is 2.36. The number of nitrogen functional groups attached to an aromatic ring is 1. The molecule has 0 bridgehead atoms. The molecule has 0 unspecified atom stereocenters. The van der Waals surface area contributed by atoms with Crippen molar-refractivity contribution in [2.45, 2.75) is 6.54 Å². The van der Waals surface area contributed by atoms with Crippen LogP contribution in [-0.4, -0.2) is 16.7 Å². The van der Waals surface area contributed by atoms with Gasteiger partial charge in [0.15, 0.2) is 0 Å². The normalized spacial score (nSPS) is 13.7. The Morgan fingerprint density at radius 1 is 1.14 bits per heavy atom. The van der Waals surface area contributed by atoms with E-state index in [1.165, 1.54) is 12.1 Å². The predicted octanol–water partition coefficient (Wildman–Crippen LogP) is 2.86. The van der Waals surface area contributed by atoms with E-state index in [4.69, 9.17) is 17.3 Å². The molecular weight excluding hydrogens is 295 g/mol. The zero-order valence-corrected chi connectivity index (χ0v) is 11.5. The van der Waals surface area contributed by atoms with E-state index in [0.717, 1.165) is 4.90 Å². The number of halogens is 2. The summed E-state index contributed by atoms with van der Waals surface area (Å²) in [5.41, 5.74) is 6.96. The van der Waals surface area contributed by atoms with Gasteiger partial charge in [-0.15, -0.1) is 0 Å². The number of benzene rings is 2. The second-order valence-electron chi connectivity index (χ2n) is 4.71. The molecule has 106 valence electrons. The van der Waals surface area contributed by atoms with E-state index in [-0.39, 0.29) is 28.4 Å². The molecule has 21 heavy (non-hydrogen) atoms. The third-order valence-corrected chi connectivity index (χ3v) is 3.66. The number of nitrogens with zero attached hydrogens (tertiary/aromatic N) is 1. The third kappa shape index (κ3) is 2.15. The number of nitrogens with two attached hydrogens (primary N) is 1. The van der Waals surface area contributed by atoms with Crippen LogP contribution in [0.2, 0.25) is 5.02 Å². The molecule has 2 aromatic rings. The maximum atomic E-state index is 13.4. The van der Waals surface area contributed by atoms with E-state index in [0.29, 0.717) is 5.56 Å². The second-order valence-corrected chi connectivity index (χ2v) is 5.12. The van der Waals surface area contributed by atoms with Crippen molar-refractivity contribution in [2.75, 3.05) is 5.73 Å². The van der Waals surface area contributed by atoms with Crippen molar-refractivity contribution < 1.29 is 14.0 Å². The van der Waals surface area contributed by atoms with E-state index in [9.17, 15) is 14.0 Å². The molecule has 2 aromatic carbocycles. The Kier molecular flexibility index (Phi) is 3.14. The van der Waals surface area contributed by atoms with Gasteiger partial charge in [-0.2, -0.15) is 0 Å². The number of hydrogen-bond donors (Lipinski definition) is 1. The lowest BCUT2D eigenvalue weighted by Crippen LogP contribution is -2.29. The first-order chi connectivity index (χ1) is 9.99. The summed E-state index contributed by atoms with van der Waals surface area (Å²) >= 11 is 5.61. The van der Waals surface area contributed by atoms with Crippen molar-refractivity contribution in [3.63, 3.8) is 0 Å². The summed E-state index contributed by atoms with van der Waals surface area (Å²) in [6, 6.07) is 8.89. The van der Waals surface area contributed by atoms with Crippen molar-refractivity contribution in [3.8, 4) is 0 Å². The van der Waals surface area contributed by atoms with Crippen molar-refractivity contribution in [3.05, 3.63) is 63.9 Å². The lowest BCUT2D eigenvalue weighted by atomic mass is 10.1. The minimum absolute atomic E-state index is 0.00893. The molecule has 1 aliphatic rings. The highest BCUT2D eigenvalue weighted by molar-refractivity contribution is 6.30. The maximum Gasteiger partial charge on any atom is 0.263 e. The molecular formula is C15H10ClFN2O2. The summed E-state index contributed by atoms with van der Waals surface area (Å²) in [6.07, 6.45) is 0. The molecule has 3 rings (SSSR count). The minimum Gasteiger partial charge on any atom is -0.398 e. The Morgan fingerprint density at radius 3 is 2.57 bits per heavy atom. The number of imide groups is 1. The van der Waals surface area contributed by atoms with Gasteiger partial charge in [-0.1, -0.05) is 23.7 Å². The quantitative estimate of drug-likeness (QED) is 0.685. The fraction of sp³-hybridized carbons (Fsp3) is 0.0667. The SMILES string of the molecule is Nc1cccc2c1C(=O)N(Cc1ccc(Cl)c(F)c1)C2=O. The average molecular weight is 305 g/mol. The molecule has 0 aliphatic carbocycles. The highest BCUT2D eigenvalue weighted by Crippen LogP contribution is 2.29. The van der Waals surface area contributed by atoms with Crippen LogP contribution in [0.5, 0.6) is 0 Å². The van der Waals surface area contributed by atoms with Crippen LogP contribution in [0.3, 0.4) is 0 Å². The molecule has 2 amide bonds. The van der Waals surface area contributed by atoms with Crippen molar-refractivity contribution in [1.82, 2.24) is 4.90 Å². The van der Waals surface area contributed by atoms with Gasteiger partial charge in [0.2, 0.25) is 0 Å². The lowest BCUT2D eigenvalue weighted by Gasteiger charge is -2.14. The summed E-state index contributed by atoms with van der Waals surface area (Å²) in [5.74, 6) is -1.49. The maximum absolute atomic E-state index is 13.4. The molecule has 6 heteroatoms. The van der Waals surface area contributed by atoms with Crippen LogP contribution in [0.1, 0.15) is 26.3 Å². The van der Waals surface area contributed by atoms with Crippen LogP contribution >= 0.6 is 11.6 Å². The van der Waals surface area contributed by atoms with Gasteiger partial charge in [0, 0.05) is 5.69 Å². The molecule has 2 N–H and O–H groups in total. The Labute approximate surface area is 124 Å². The summed E-state index contributed by atoms with van der Waals surface area (Å²) in [7, 11) is 0. The van der Waals surface area contributed by atoms with Gasteiger partial charge in [0.1, 0.15) is 5.82 Å². The van der Waals surface area contributed by atoms with E-state index >= 15 is 0 Å². The van der Waals surface area contributed by atoms with Gasteiger partial charge in [0.25, 0.3) is 11.8 Å². The van der Waals surface area contributed by atoms with Crippen LogP contribution in [0, 0.1) is 5.82 Å². The van der Waals surface area contributed by atoms with E-state index in [1.807, 2.05) is 0 Å². The molecule has 0 saturated carbocycles. The van der Waals surface area contributed by atoms with Gasteiger partial charge in [0.05, 0.1) is 22.7 Å². The van der Waals surface area contributed by atoms with Crippen molar-refractivity contribution in [1.29, 1.82) is 0 Å².